The first-order valence-corrected chi connectivity index (χ1v) is 6.83. The number of pyridine rings is 1. The van der Waals surface area contributed by atoms with Crippen molar-refractivity contribution in [1.82, 2.24) is 4.98 Å². The van der Waals surface area contributed by atoms with Crippen LogP contribution in [-0.2, 0) is 18.5 Å². The molecule has 3 nitrogen and oxygen atoms in total. The molecule has 1 N–H and O–H groups in total. The molecule has 2 rings (SSSR count). The van der Waals surface area contributed by atoms with Crippen molar-refractivity contribution in [1.29, 1.82) is 0 Å². The molecule has 0 unspecified atom stereocenters. The second-order valence-electron chi connectivity index (χ2n) is 5.15. The quantitative estimate of drug-likeness (QED) is 0.685. The number of alkyl halides is 9. The molecule has 0 bridgehead atoms. The van der Waals surface area contributed by atoms with E-state index in [1.54, 1.807) is 0 Å². The molecule has 0 radical (unpaired) electrons. The van der Waals surface area contributed by atoms with E-state index >= 15 is 0 Å². The first-order chi connectivity index (χ1) is 12.2. The van der Waals surface area contributed by atoms with Crippen LogP contribution in [0.15, 0.2) is 36.4 Å². The Hall–Kier alpha value is -2.79. The number of rotatable bonds is 2. The smallest absolute Gasteiger partial charge is 0.322 e. The van der Waals surface area contributed by atoms with E-state index in [1.807, 2.05) is 5.32 Å². The SMILES string of the molecule is O=C(Nc1cccc(C(F)(F)F)c1)c1cc(C(F)(F)F)nc(C(F)(F)F)c1. The summed E-state index contributed by atoms with van der Waals surface area (Å²) < 4.78 is 114. The molecule has 146 valence electrons. The molecule has 0 aliphatic carbocycles. The minimum absolute atomic E-state index is 0.0676. The number of benzene rings is 1. The molecule has 0 aliphatic heterocycles. The van der Waals surface area contributed by atoms with Crippen LogP contribution in [0, 0.1) is 0 Å². The van der Waals surface area contributed by atoms with Gasteiger partial charge in [-0.2, -0.15) is 39.5 Å². The summed E-state index contributed by atoms with van der Waals surface area (Å²) in [5, 5.41) is 1.83. The normalized spacial score (nSPS) is 12.8. The van der Waals surface area contributed by atoms with Crippen molar-refractivity contribution in [3.8, 4) is 0 Å². The van der Waals surface area contributed by atoms with Crippen LogP contribution in [-0.4, -0.2) is 10.9 Å². The van der Waals surface area contributed by atoms with Crippen molar-refractivity contribution in [3.63, 3.8) is 0 Å². The van der Waals surface area contributed by atoms with Gasteiger partial charge in [0.2, 0.25) is 0 Å². The van der Waals surface area contributed by atoms with Gasteiger partial charge in [0.15, 0.2) is 0 Å². The number of halogens is 9. The lowest BCUT2D eigenvalue weighted by molar-refractivity contribution is -0.150. The number of aromatic nitrogens is 1. The number of nitrogens with one attached hydrogen (secondary N) is 1. The summed E-state index contributed by atoms with van der Waals surface area (Å²) in [5.41, 5.74) is -6.63. The molecule has 0 aliphatic rings. The zero-order valence-corrected chi connectivity index (χ0v) is 12.7. The molecule has 1 heterocycles. The summed E-state index contributed by atoms with van der Waals surface area (Å²) in [6, 6.07) is 3.19. The Balaban J connectivity index is 2.41. The van der Waals surface area contributed by atoms with Crippen molar-refractivity contribution in [2.75, 3.05) is 5.32 Å². The van der Waals surface area contributed by atoms with E-state index < -0.39 is 52.6 Å². The minimum atomic E-state index is -5.27. The number of nitrogens with zero attached hydrogens (tertiary/aromatic N) is 1. The molecule has 2 aromatic rings. The van der Waals surface area contributed by atoms with Gasteiger partial charge in [-0.15, -0.1) is 0 Å². The fraction of sp³-hybridized carbons (Fsp3) is 0.200. The van der Waals surface area contributed by atoms with Crippen molar-refractivity contribution in [3.05, 3.63) is 58.9 Å². The van der Waals surface area contributed by atoms with Crippen molar-refractivity contribution < 1.29 is 44.3 Å². The van der Waals surface area contributed by atoms with Crippen LogP contribution < -0.4 is 5.32 Å². The molecule has 0 saturated carbocycles. The van der Waals surface area contributed by atoms with Crippen LogP contribution in [0.5, 0.6) is 0 Å². The second kappa shape index (κ2) is 6.74. The highest BCUT2D eigenvalue weighted by molar-refractivity contribution is 6.04. The van der Waals surface area contributed by atoms with Gasteiger partial charge < -0.3 is 5.32 Å². The van der Waals surface area contributed by atoms with Gasteiger partial charge in [0.25, 0.3) is 5.91 Å². The summed E-state index contributed by atoms with van der Waals surface area (Å²) in [5.74, 6) is -1.47. The maximum Gasteiger partial charge on any atom is 0.433 e. The van der Waals surface area contributed by atoms with Gasteiger partial charge >= 0.3 is 18.5 Å². The monoisotopic (exact) mass is 402 g/mol. The summed E-state index contributed by atoms with van der Waals surface area (Å²) in [7, 11) is 0. The predicted octanol–water partition coefficient (Wildman–Crippen LogP) is 5.39. The second-order valence-corrected chi connectivity index (χ2v) is 5.15. The number of amides is 1. The Morgan fingerprint density at radius 2 is 1.30 bits per heavy atom. The Kier molecular flexibility index (Phi) is 5.12. The highest BCUT2D eigenvalue weighted by Crippen LogP contribution is 2.34. The third-order valence-electron chi connectivity index (χ3n) is 3.12. The lowest BCUT2D eigenvalue weighted by Crippen LogP contribution is -2.19. The maximum absolute atomic E-state index is 12.7. The third-order valence-corrected chi connectivity index (χ3v) is 3.12. The molecule has 12 heteroatoms. The molecule has 1 amide bonds. The number of hydrogen-bond acceptors (Lipinski definition) is 2. The van der Waals surface area contributed by atoms with Gasteiger partial charge in [0.1, 0.15) is 11.4 Å². The fourth-order valence-electron chi connectivity index (χ4n) is 1.93. The average Bonchev–Trinajstić information content (AvgIpc) is 2.52. The molecule has 0 atom stereocenters. The number of anilines is 1. The van der Waals surface area contributed by atoms with Crippen molar-refractivity contribution in [2.24, 2.45) is 0 Å². The standard InChI is InChI=1S/C15H7F9N2O/c16-13(17,18)8-2-1-3-9(6-8)25-12(27)7-4-10(14(19,20)21)26-11(5-7)15(22,23)24/h1-6H,(H,25,27). The molecular weight excluding hydrogens is 395 g/mol. The molecule has 0 fully saturated rings. The van der Waals surface area contributed by atoms with Gasteiger partial charge in [-0.05, 0) is 30.3 Å². The average molecular weight is 402 g/mol. The molecule has 1 aromatic carbocycles. The summed E-state index contributed by atoms with van der Waals surface area (Å²) in [6.45, 7) is 0. The van der Waals surface area contributed by atoms with E-state index in [0.29, 0.717) is 12.1 Å². The van der Waals surface area contributed by atoms with Crippen LogP contribution in [0.3, 0.4) is 0 Å². The Bertz CT molecular complexity index is 821. The Labute approximate surface area is 144 Å². The summed E-state index contributed by atoms with van der Waals surface area (Å²) in [6.07, 6.45) is -15.3. The van der Waals surface area contributed by atoms with E-state index in [4.69, 9.17) is 0 Å². The van der Waals surface area contributed by atoms with Gasteiger partial charge in [0, 0.05) is 11.3 Å². The van der Waals surface area contributed by atoms with E-state index in [-0.39, 0.29) is 12.1 Å². The maximum atomic E-state index is 12.7. The first-order valence-electron chi connectivity index (χ1n) is 6.83. The Morgan fingerprint density at radius 1 is 0.778 bits per heavy atom. The lowest BCUT2D eigenvalue weighted by Gasteiger charge is -2.14. The van der Waals surface area contributed by atoms with Gasteiger partial charge in [-0.3, -0.25) is 4.79 Å². The molecule has 27 heavy (non-hydrogen) atoms. The van der Waals surface area contributed by atoms with Gasteiger partial charge in [-0.25, -0.2) is 4.98 Å². The Morgan fingerprint density at radius 3 is 1.74 bits per heavy atom. The first kappa shape index (κ1) is 20.5. The third kappa shape index (κ3) is 5.11. The van der Waals surface area contributed by atoms with Crippen LogP contribution in [0.2, 0.25) is 0 Å². The fourth-order valence-corrected chi connectivity index (χ4v) is 1.93. The van der Waals surface area contributed by atoms with Crippen LogP contribution in [0.25, 0.3) is 0 Å². The largest absolute Gasteiger partial charge is 0.433 e. The summed E-state index contributed by atoms with van der Waals surface area (Å²) >= 11 is 0. The highest BCUT2D eigenvalue weighted by atomic mass is 19.4. The van der Waals surface area contributed by atoms with Crippen LogP contribution >= 0.6 is 0 Å². The molecular formula is C15H7F9N2O. The lowest BCUT2D eigenvalue weighted by atomic mass is 10.1. The van der Waals surface area contributed by atoms with Crippen LogP contribution in [0.4, 0.5) is 45.2 Å². The molecule has 0 spiro atoms. The van der Waals surface area contributed by atoms with E-state index in [0.717, 1.165) is 12.1 Å². The summed E-state index contributed by atoms with van der Waals surface area (Å²) in [4.78, 5) is 14.4. The van der Waals surface area contributed by atoms with E-state index in [1.165, 1.54) is 0 Å². The van der Waals surface area contributed by atoms with E-state index in [9.17, 15) is 44.3 Å². The van der Waals surface area contributed by atoms with E-state index in [2.05, 4.69) is 4.98 Å². The number of carbonyl (C=O) groups is 1. The predicted molar refractivity (Wildman–Crippen MR) is 73.6 cm³/mol. The highest BCUT2D eigenvalue weighted by Gasteiger charge is 2.39. The van der Waals surface area contributed by atoms with Crippen molar-refractivity contribution in [2.45, 2.75) is 18.5 Å². The van der Waals surface area contributed by atoms with Gasteiger partial charge in [0.05, 0.1) is 5.56 Å². The topological polar surface area (TPSA) is 42.0 Å². The zero-order chi connectivity index (χ0) is 20.6. The van der Waals surface area contributed by atoms with Gasteiger partial charge in [-0.1, -0.05) is 6.07 Å². The number of carbonyl (C=O) groups excluding carboxylic acids is 1. The minimum Gasteiger partial charge on any atom is -0.322 e. The van der Waals surface area contributed by atoms with Crippen LogP contribution in [0.1, 0.15) is 27.3 Å². The number of hydrogen-bond donors (Lipinski definition) is 1. The molecule has 1 aromatic heterocycles. The van der Waals surface area contributed by atoms with Crippen molar-refractivity contribution >= 4 is 11.6 Å². The zero-order valence-electron chi connectivity index (χ0n) is 12.7. The molecule has 0 saturated heterocycles.